The molecular formula is C16H11ClFNO2. The Balaban J connectivity index is 1.81. The molecular weight excluding hydrogens is 293 g/mol. The minimum Gasteiger partial charge on any atom is -0.493 e. The Bertz CT molecular complexity index is 740. The largest absolute Gasteiger partial charge is 0.493 e. The molecule has 3 rings (SSSR count). The molecule has 2 aromatic rings. The number of nitrogens with zero attached hydrogens (tertiary/aromatic N) is 1. The number of halogens is 2. The zero-order valence-corrected chi connectivity index (χ0v) is 11.8. The van der Waals surface area contributed by atoms with Crippen molar-refractivity contribution in [1.29, 1.82) is 5.26 Å². The summed E-state index contributed by atoms with van der Waals surface area (Å²) < 4.78 is 24.8. The van der Waals surface area contributed by atoms with E-state index in [-0.39, 0.29) is 17.9 Å². The molecule has 2 aromatic carbocycles. The average molecular weight is 304 g/mol. The van der Waals surface area contributed by atoms with Crippen molar-refractivity contribution < 1.29 is 13.9 Å². The van der Waals surface area contributed by atoms with E-state index >= 15 is 0 Å². The summed E-state index contributed by atoms with van der Waals surface area (Å²) in [6.07, 6.45) is 0.814. The zero-order valence-electron chi connectivity index (χ0n) is 11.0. The molecule has 0 saturated carbocycles. The molecule has 0 amide bonds. The zero-order chi connectivity index (χ0) is 14.8. The van der Waals surface area contributed by atoms with E-state index in [1.54, 1.807) is 6.07 Å². The molecule has 106 valence electrons. The molecule has 1 heterocycles. The first-order valence-corrected chi connectivity index (χ1v) is 6.81. The van der Waals surface area contributed by atoms with Crippen LogP contribution in [0, 0.1) is 17.1 Å². The van der Waals surface area contributed by atoms with Crippen molar-refractivity contribution in [2.75, 3.05) is 6.61 Å². The quantitative estimate of drug-likeness (QED) is 0.864. The van der Waals surface area contributed by atoms with Gasteiger partial charge in [0.25, 0.3) is 0 Å². The fraction of sp³-hybridized carbons (Fsp3) is 0.188. The first-order chi connectivity index (χ1) is 10.2. The van der Waals surface area contributed by atoms with Gasteiger partial charge >= 0.3 is 0 Å². The maximum absolute atomic E-state index is 13.8. The molecule has 0 radical (unpaired) electrons. The van der Waals surface area contributed by atoms with E-state index in [0.29, 0.717) is 11.6 Å². The van der Waals surface area contributed by atoms with Gasteiger partial charge in [-0.05, 0) is 35.9 Å². The van der Waals surface area contributed by atoms with Crippen LogP contribution in [0.4, 0.5) is 4.39 Å². The number of ether oxygens (including phenoxy) is 2. The highest BCUT2D eigenvalue weighted by atomic mass is 35.5. The summed E-state index contributed by atoms with van der Waals surface area (Å²) in [5.41, 5.74) is 2.09. The number of rotatable bonds is 3. The van der Waals surface area contributed by atoms with Crippen LogP contribution >= 0.6 is 11.6 Å². The van der Waals surface area contributed by atoms with E-state index in [1.165, 1.54) is 12.1 Å². The van der Waals surface area contributed by atoms with E-state index < -0.39 is 5.82 Å². The first-order valence-electron chi connectivity index (χ1n) is 6.44. The van der Waals surface area contributed by atoms with Gasteiger partial charge in [0.15, 0.2) is 11.6 Å². The molecule has 0 fully saturated rings. The number of benzene rings is 2. The Labute approximate surface area is 126 Å². The Hall–Kier alpha value is -2.25. The van der Waals surface area contributed by atoms with Crippen LogP contribution < -0.4 is 9.47 Å². The highest BCUT2D eigenvalue weighted by molar-refractivity contribution is 6.30. The van der Waals surface area contributed by atoms with E-state index in [0.717, 1.165) is 29.4 Å². The van der Waals surface area contributed by atoms with Gasteiger partial charge in [-0.25, -0.2) is 4.39 Å². The van der Waals surface area contributed by atoms with Crippen LogP contribution in [-0.2, 0) is 13.0 Å². The Morgan fingerprint density at radius 2 is 2.19 bits per heavy atom. The van der Waals surface area contributed by atoms with Crippen LogP contribution in [0.15, 0.2) is 30.3 Å². The topological polar surface area (TPSA) is 42.2 Å². The molecule has 0 spiro atoms. The van der Waals surface area contributed by atoms with Gasteiger partial charge in [-0.2, -0.15) is 5.26 Å². The lowest BCUT2D eigenvalue weighted by Gasteiger charge is -2.11. The van der Waals surface area contributed by atoms with Crippen LogP contribution in [0.2, 0.25) is 5.02 Å². The fourth-order valence-corrected chi connectivity index (χ4v) is 2.56. The lowest BCUT2D eigenvalue weighted by Crippen LogP contribution is -2.00. The standard InChI is InChI=1S/C16H11ClFNO2/c17-13-6-11-3-4-20-16(11)12(7-13)9-21-15-2-1-10(8-19)5-14(15)18/h1-2,5-7H,3-4,9H2. The molecule has 3 nitrogen and oxygen atoms in total. The van der Waals surface area contributed by atoms with Crippen LogP contribution in [0.25, 0.3) is 0 Å². The SMILES string of the molecule is N#Cc1ccc(OCc2cc(Cl)cc3c2OCC3)c(F)c1. The molecule has 0 bridgehead atoms. The molecule has 0 unspecified atom stereocenters. The Morgan fingerprint density at radius 3 is 2.95 bits per heavy atom. The molecule has 0 saturated heterocycles. The summed E-state index contributed by atoms with van der Waals surface area (Å²) in [6.45, 7) is 0.777. The molecule has 5 heteroatoms. The Morgan fingerprint density at radius 1 is 1.33 bits per heavy atom. The molecule has 0 atom stereocenters. The summed E-state index contributed by atoms with van der Waals surface area (Å²) in [6, 6.07) is 9.61. The number of nitriles is 1. The van der Waals surface area contributed by atoms with Crippen molar-refractivity contribution in [2.24, 2.45) is 0 Å². The minimum atomic E-state index is -0.561. The van der Waals surface area contributed by atoms with Gasteiger partial charge in [0.1, 0.15) is 12.4 Å². The summed E-state index contributed by atoms with van der Waals surface area (Å²) in [5.74, 6) is 0.308. The van der Waals surface area contributed by atoms with E-state index in [9.17, 15) is 4.39 Å². The van der Waals surface area contributed by atoms with E-state index in [2.05, 4.69) is 0 Å². The maximum Gasteiger partial charge on any atom is 0.166 e. The second kappa shape index (κ2) is 5.63. The lowest BCUT2D eigenvalue weighted by atomic mass is 10.1. The Kier molecular flexibility index (Phi) is 3.68. The molecule has 1 aliphatic rings. The van der Waals surface area contributed by atoms with Crippen LogP contribution in [0.5, 0.6) is 11.5 Å². The normalized spacial score (nSPS) is 12.4. The van der Waals surface area contributed by atoms with Crippen LogP contribution in [0.3, 0.4) is 0 Å². The van der Waals surface area contributed by atoms with Gasteiger partial charge in [0, 0.05) is 17.0 Å². The van der Waals surface area contributed by atoms with Gasteiger partial charge in [-0.3, -0.25) is 0 Å². The average Bonchev–Trinajstić information content (AvgIpc) is 2.93. The summed E-state index contributed by atoms with van der Waals surface area (Å²) in [7, 11) is 0. The maximum atomic E-state index is 13.8. The fourth-order valence-electron chi connectivity index (χ4n) is 2.30. The number of hydrogen-bond acceptors (Lipinski definition) is 3. The van der Waals surface area contributed by atoms with Crippen molar-refractivity contribution in [3.63, 3.8) is 0 Å². The van der Waals surface area contributed by atoms with Crippen LogP contribution in [-0.4, -0.2) is 6.61 Å². The smallest absolute Gasteiger partial charge is 0.166 e. The summed E-state index contributed by atoms with van der Waals surface area (Å²) >= 11 is 6.06. The monoisotopic (exact) mass is 303 g/mol. The van der Waals surface area contributed by atoms with Gasteiger partial charge in [-0.15, -0.1) is 0 Å². The molecule has 1 aliphatic heterocycles. The van der Waals surface area contributed by atoms with Gasteiger partial charge < -0.3 is 9.47 Å². The molecule has 21 heavy (non-hydrogen) atoms. The third-order valence-electron chi connectivity index (χ3n) is 3.27. The van der Waals surface area contributed by atoms with Crippen molar-refractivity contribution in [3.05, 3.63) is 57.9 Å². The third-order valence-corrected chi connectivity index (χ3v) is 3.49. The van der Waals surface area contributed by atoms with E-state index in [1.807, 2.05) is 12.1 Å². The van der Waals surface area contributed by atoms with Gasteiger partial charge in [0.2, 0.25) is 0 Å². The predicted molar refractivity (Wildman–Crippen MR) is 76.1 cm³/mol. The van der Waals surface area contributed by atoms with Crippen molar-refractivity contribution in [3.8, 4) is 17.6 Å². The summed E-state index contributed by atoms with van der Waals surface area (Å²) in [4.78, 5) is 0. The van der Waals surface area contributed by atoms with Gasteiger partial charge in [0.05, 0.1) is 18.2 Å². The second-order valence-corrected chi connectivity index (χ2v) is 5.13. The highest BCUT2D eigenvalue weighted by Gasteiger charge is 2.18. The minimum absolute atomic E-state index is 0.0979. The van der Waals surface area contributed by atoms with Crippen LogP contribution in [0.1, 0.15) is 16.7 Å². The van der Waals surface area contributed by atoms with Crippen molar-refractivity contribution >= 4 is 11.6 Å². The first kappa shape index (κ1) is 13.7. The lowest BCUT2D eigenvalue weighted by molar-refractivity contribution is 0.279. The number of hydrogen-bond donors (Lipinski definition) is 0. The summed E-state index contributed by atoms with van der Waals surface area (Å²) in [5, 5.41) is 9.32. The van der Waals surface area contributed by atoms with Crippen molar-refractivity contribution in [2.45, 2.75) is 13.0 Å². The molecule has 0 aliphatic carbocycles. The number of fused-ring (bicyclic) bond motifs is 1. The van der Waals surface area contributed by atoms with Crippen molar-refractivity contribution in [1.82, 2.24) is 0 Å². The van der Waals surface area contributed by atoms with Gasteiger partial charge in [-0.1, -0.05) is 11.6 Å². The second-order valence-electron chi connectivity index (χ2n) is 4.70. The third kappa shape index (κ3) is 2.79. The highest BCUT2D eigenvalue weighted by Crippen LogP contribution is 2.33. The molecule has 0 N–H and O–H groups in total. The molecule has 0 aromatic heterocycles. The van der Waals surface area contributed by atoms with E-state index in [4.69, 9.17) is 26.3 Å². The predicted octanol–water partition coefficient (Wildman–Crippen LogP) is 3.86.